The lowest BCUT2D eigenvalue weighted by atomic mass is 10.1. The van der Waals surface area contributed by atoms with Gasteiger partial charge in [-0.05, 0) is 44.2 Å². The van der Waals surface area contributed by atoms with Crippen molar-refractivity contribution in [2.24, 2.45) is 0 Å². The molecular weight excluding hydrogens is 322 g/mol. The number of aromatic nitrogens is 2. The van der Waals surface area contributed by atoms with Crippen molar-refractivity contribution in [2.75, 3.05) is 7.05 Å². The summed E-state index contributed by atoms with van der Waals surface area (Å²) in [7, 11) is 1.68. The fourth-order valence-corrected chi connectivity index (χ4v) is 2.82. The first-order valence-electron chi connectivity index (χ1n) is 7.98. The van der Waals surface area contributed by atoms with Gasteiger partial charge in [0.15, 0.2) is 0 Å². The second-order valence-electron chi connectivity index (χ2n) is 5.91. The van der Waals surface area contributed by atoms with Crippen molar-refractivity contribution < 1.29 is 9.21 Å². The maximum absolute atomic E-state index is 12.6. The molecule has 0 bridgehead atoms. The third-order valence-electron chi connectivity index (χ3n) is 4.07. The van der Waals surface area contributed by atoms with E-state index in [-0.39, 0.29) is 5.91 Å². The maximum atomic E-state index is 12.6. The summed E-state index contributed by atoms with van der Waals surface area (Å²) in [4.78, 5) is 40.4. The summed E-state index contributed by atoms with van der Waals surface area (Å²) in [5, 5.41) is 0. The number of amides is 1. The van der Waals surface area contributed by atoms with Crippen LogP contribution in [-0.4, -0.2) is 27.4 Å². The van der Waals surface area contributed by atoms with Crippen molar-refractivity contribution in [1.29, 1.82) is 0 Å². The van der Waals surface area contributed by atoms with E-state index >= 15 is 0 Å². The van der Waals surface area contributed by atoms with Gasteiger partial charge in [-0.3, -0.25) is 14.4 Å². The van der Waals surface area contributed by atoms with Crippen LogP contribution in [0.3, 0.4) is 0 Å². The lowest BCUT2D eigenvalue weighted by molar-refractivity contribution is 0.0775. The predicted molar refractivity (Wildman–Crippen MR) is 93.7 cm³/mol. The van der Waals surface area contributed by atoms with Gasteiger partial charge in [0.1, 0.15) is 11.5 Å². The fraction of sp³-hybridized carbons (Fsp3) is 0.278. The molecule has 0 aliphatic heterocycles. The molecule has 7 nitrogen and oxygen atoms in total. The molecule has 7 heteroatoms. The van der Waals surface area contributed by atoms with E-state index in [2.05, 4.69) is 4.98 Å². The Kier molecular flexibility index (Phi) is 4.31. The number of carbonyl (C=O) groups excluding carboxylic acids is 1. The second-order valence-corrected chi connectivity index (χ2v) is 5.91. The van der Waals surface area contributed by atoms with Crippen LogP contribution in [0.5, 0.6) is 0 Å². The predicted octanol–water partition coefficient (Wildman–Crippen LogP) is 1.88. The number of hydrogen-bond acceptors (Lipinski definition) is 4. The van der Waals surface area contributed by atoms with Crippen LogP contribution in [0.15, 0.2) is 44.3 Å². The molecule has 0 aliphatic rings. The number of aryl methyl sites for hydroxylation is 2. The Hall–Kier alpha value is -3.09. The van der Waals surface area contributed by atoms with Crippen LogP contribution in [0.1, 0.15) is 28.8 Å². The molecule has 1 N–H and O–H groups in total. The molecule has 0 radical (unpaired) electrons. The second kappa shape index (κ2) is 6.43. The molecule has 130 valence electrons. The molecule has 0 fully saturated rings. The molecule has 0 unspecified atom stereocenters. The highest BCUT2D eigenvalue weighted by Crippen LogP contribution is 2.15. The molecule has 2 heterocycles. The summed E-state index contributed by atoms with van der Waals surface area (Å²) in [6.45, 7) is 4.36. The van der Waals surface area contributed by atoms with E-state index < -0.39 is 11.1 Å². The number of aromatic amines is 1. The largest absolute Gasteiger partial charge is 0.464 e. The highest BCUT2D eigenvalue weighted by molar-refractivity contribution is 5.97. The molecule has 0 spiro atoms. The molecule has 0 aliphatic carbocycles. The summed E-state index contributed by atoms with van der Waals surface area (Å²) in [6.07, 6.45) is 0. The highest BCUT2D eigenvalue weighted by Gasteiger charge is 2.15. The Morgan fingerprint density at radius 1 is 1.24 bits per heavy atom. The molecule has 3 rings (SSSR count). The summed E-state index contributed by atoms with van der Waals surface area (Å²) in [5.41, 5.74) is 0.181. The van der Waals surface area contributed by atoms with E-state index in [0.717, 1.165) is 5.76 Å². The molecule has 0 saturated heterocycles. The maximum Gasteiger partial charge on any atom is 0.316 e. The number of H-pyrrole nitrogens is 1. The average molecular weight is 341 g/mol. The molecule has 0 atom stereocenters. The highest BCUT2D eigenvalue weighted by atomic mass is 16.3. The van der Waals surface area contributed by atoms with E-state index in [1.807, 2.05) is 19.1 Å². The average Bonchev–Trinajstić information content (AvgIpc) is 2.99. The quantitative estimate of drug-likeness (QED) is 0.734. The van der Waals surface area contributed by atoms with E-state index in [1.165, 1.54) is 9.47 Å². The van der Waals surface area contributed by atoms with Gasteiger partial charge in [-0.2, -0.15) is 0 Å². The molecular formula is C18H19N3O4. The Labute approximate surface area is 143 Å². The minimum atomic E-state index is -0.696. The van der Waals surface area contributed by atoms with Crippen LogP contribution in [0.25, 0.3) is 11.0 Å². The van der Waals surface area contributed by atoms with Gasteiger partial charge in [-0.25, -0.2) is 0 Å². The van der Waals surface area contributed by atoms with Gasteiger partial charge in [-0.1, -0.05) is 0 Å². The van der Waals surface area contributed by atoms with Crippen LogP contribution >= 0.6 is 0 Å². The first kappa shape index (κ1) is 16.8. The van der Waals surface area contributed by atoms with E-state index in [4.69, 9.17) is 4.42 Å². The van der Waals surface area contributed by atoms with Crippen LogP contribution in [0.4, 0.5) is 0 Å². The smallest absolute Gasteiger partial charge is 0.316 e. The summed E-state index contributed by atoms with van der Waals surface area (Å²) in [6, 6.07) is 8.59. The van der Waals surface area contributed by atoms with Crippen LogP contribution in [0, 0.1) is 6.92 Å². The van der Waals surface area contributed by atoms with E-state index in [1.54, 1.807) is 32.2 Å². The number of nitrogens with zero attached hydrogens (tertiary/aromatic N) is 2. The van der Waals surface area contributed by atoms with Gasteiger partial charge in [0.05, 0.1) is 17.6 Å². The number of hydrogen-bond donors (Lipinski definition) is 1. The first-order chi connectivity index (χ1) is 11.9. The third kappa shape index (κ3) is 3.13. The van der Waals surface area contributed by atoms with Gasteiger partial charge >= 0.3 is 11.1 Å². The molecule has 0 saturated carbocycles. The van der Waals surface area contributed by atoms with Crippen LogP contribution in [0.2, 0.25) is 0 Å². The Bertz CT molecular complexity index is 1060. The van der Waals surface area contributed by atoms with Crippen LogP contribution in [-0.2, 0) is 13.1 Å². The van der Waals surface area contributed by atoms with Gasteiger partial charge in [0.25, 0.3) is 5.91 Å². The summed E-state index contributed by atoms with van der Waals surface area (Å²) < 4.78 is 6.88. The minimum absolute atomic E-state index is 0.203. The third-order valence-corrected chi connectivity index (χ3v) is 4.07. The zero-order valence-electron chi connectivity index (χ0n) is 14.3. The van der Waals surface area contributed by atoms with Gasteiger partial charge in [0, 0.05) is 19.2 Å². The van der Waals surface area contributed by atoms with E-state index in [9.17, 15) is 14.4 Å². The van der Waals surface area contributed by atoms with Crippen molar-refractivity contribution in [2.45, 2.75) is 26.9 Å². The van der Waals surface area contributed by atoms with Gasteiger partial charge in [0.2, 0.25) is 0 Å². The normalized spacial score (nSPS) is 11.0. The summed E-state index contributed by atoms with van der Waals surface area (Å²) >= 11 is 0. The number of furan rings is 1. The zero-order valence-corrected chi connectivity index (χ0v) is 14.3. The van der Waals surface area contributed by atoms with Crippen LogP contribution < -0.4 is 11.1 Å². The molecule has 2 aromatic heterocycles. The number of nitrogens with one attached hydrogen (secondary N) is 1. The molecule has 25 heavy (non-hydrogen) atoms. The Morgan fingerprint density at radius 2 is 2.00 bits per heavy atom. The SMILES string of the molecule is CCn1c(=O)c(=O)[nH]c2cc(C(=O)N(C)Cc3ccc(C)o3)ccc21. The number of fused-ring (bicyclic) bond motifs is 1. The Balaban J connectivity index is 1.95. The first-order valence-corrected chi connectivity index (χ1v) is 7.98. The van der Waals surface area contributed by atoms with Crippen molar-refractivity contribution in [3.63, 3.8) is 0 Å². The molecule has 1 aromatic carbocycles. The van der Waals surface area contributed by atoms with Gasteiger partial charge in [-0.15, -0.1) is 0 Å². The number of benzene rings is 1. The molecule has 3 aromatic rings. The number of carbonyl (C=O) groups is 1. The minimum Gasteiger partial charge on any atom is -0.464 e. The number of rotatable bonds is 4. The topological polar surface area (TPSA) is 88.3 Å². The van der Waals surface area contributed by atoms with E-state index in [0.29, 0.717) is 35.4 Å². The summed E-state index contributed by atoms with van der Waals surface area (Å²) in [5.74, 6) is 1.28. The fourth-order valence-electron chi connectivity index (χ4n) is 2.82. The zero-order chi connectivity index (χ0) is 18.1. The van der Waals surface area contributed by atoms with Crippen molar-refractivity contribution >= 4 is 16.9 Å². The molecule has 1 amide bonds. The Morgan fingerprint density at radius 3 is 2.64 bits per heavy atom. The van der Waals surface area contributed by atoms with Gasteiger partial charge < -0.3 is 18.9 Å². The standard InChI is InChI=1S/C18H19N3O4/c1-4-21-15-8-6-12(9-14(15)19-16(22)18(21)24)17(23)20(3)10-13-7-5-11(2)25-13/h5-9H,4,10H2,1-3H3,(H,19,22). The van der Waals surface area contributed by atoms with Crippen molar-refractivity contribution in [1.82, 2.24) is 14.5 Å². The van der Waals surface area contributed by atoms with Crippen molar-refractivity contribution in [3.05, 3.63) is 68.1 Å². The monoisotopic (exact) mass is 341 g/mol. The lowest BCUT2D eigenvalue weighted by Gasteiger charge is -2.16. The lowest BCUT2D eigenvalue weighted by Crippen LogP contribution is -2.36. The van der Waals surface area contributed by atoms with Crippen molar-refractivity contribution in [3.8, 4) is 0 Å².